The number of carbonyl (C=O) groups excluding carboxylic acids is 1. The summed E-state index contributed by atoms with van der Waals surface area (Å²) in [5.41, 5.74) is 6.48. The Kier molecular flexibility index (Phi) is 7.42. The molecule has 0 saturated heterocycles. The van der Waals surface area contributed by atoms with Crippen LogP contribution in [0.2, 0.25) is 0 Å². The van der Waals surface area contributed by atoms with Gasteiger partial charge >= 0.3 is 12.2 Å². The van der Waals surface area contributed by atoms with Gasteiger partial charge in [0.1, 0.15) is 12.1 Å². The number of rotatable bonds is 4. The Labute approximate surface area is 160 Å². The number of ether oxygens (including phenoxy) is 2. The highest BCUT2D eigenvalue weighted by molar-refractivity contribution is 5.71. The molecule has 28 heavy (non-hydrogen) atoms. The highest BCUT2D eigenvalue weighted by atomic mass is 19.4. The lowest BCUT2D eigenvalue weighted by molar-refractivity contribution is -0.190. The van der Waals surface area contributed by atoms with Gasteiger partial charge in [0.05, 0.1) is 18.8 Å². The van der Waals surface area contributed by atoms with Crippen molar-refractivity contribution in [1.82, 2.24) is 15.3 Å². The van der Waals surface area contributed by atoms with Gasteiger partial charge in [-0.3, -0.25) is 0 Å². The predicted octanol–water partition coefficient (Wildman–Crippen LogP) is 2.99. The van der Waals surface area contributed by atoms with Crippen molar-refractivity contribution in [3.63, 3.8) is 0 Å². The fraction of sp³-hybridized carbons (Fsp3) is 0.389. The lowest BCUT2D eigenvalue weighted by Crippen LogP contribution is -2.31. The second-order valence-corrected chi connectivity index (χ2v) is 5.93. The zero-order valence-corrected chi connectivity index (χ0v) is 15.2. The number of nitrogens with two attached hydrogens (primary N) is 1. The van der Waals surface area contributed by atoms with Gasteiger partial charge < -0.3 is 20.5 Å². The largest absolute Gasteiger partial charge is 0.493 e. The quantitative estimate of drug-likeness (QED) is 0.825. The molecule has 1 aliphatic heterocycles. The molecule has 0 fully saturated rings. The summed E-state index contributed by atoms with van der Waals surface area (Å²) >= 11 is 0. The molecule has 10 heteroatoms. The number of aryl methyl sites for hydroxylation is 1. The summed E-state index contributed by atoms with van der Waals surface area (Å²) < 4.78 is 46.8. The van der Waals surface area contributed by atoms with Crippen LogP contribution >= 0.6 is 0 Å². The fourth-order valence-corrected chi connectivity index (χ4v) is 2.26. The molecular formula is C18H21F3N4O3. The Morgan fingerprint density at radius 3 is 2.79 bits per heavy atom. The lowest BCUT2D eigenvalue weighted by Gasteiger charge is -2.16. The van der Waals surface area contributed by atoms with E-state index in [9.17, 15) is 18.0 Å². The second kappa shape index (κ2) is 9.77. The van der Waals surface area contributed by atoms with E-state index in [1.807, 2.05) is 12.1 Å². The number of hydrogen-bond acceptors (Lipinski definition) is 5. The molecule has 0 bridgehead atoms. The molecule has 2 heterocycles. The van der Waals surface area contributed by atoms with E-state index in [4.69, 9.17) is 10.5 Å². The average Bonchev–Trinajstić information content (AvgIpc) is 2.66. The monoisotopic (exact) mass is 398 g/mol. The van der Waals surface area contributed by atoms with Crippen molar-refractivity contribution in [3.05, 3.63) is 47.9 Å². The maximum Gasteiger partial charge on any atom is 0.425 e. The molecule has 1 unspecified atom stereocenters. The normalized spacial score (nSPS) is 13.9. The first-order chi connectivity index (χ1) is 13.3. The highest BCUT2D eigenvalue weighted by Gasteiger charge is 2.38. The summed E-state index contributed by atoms with van der Waals surface area (Å²) in [4.78, 5) is 17.7. The molecule has 0 spiro atoms. The summed E-state index contributed by atoms with van der Waals surface area (Å²) in [6.45, 7) is 1.73. The third-order valence-electron chi connectivity index (χ3n) is 3.72. The lowest BCUT2D eigenvalue weighted by atomic mass is 10.1. The number of halogens is 3. The third-order valence-corrected chi connectivity index (χ3v) is 3.72. The van der Waals surface area contributed by atoms with Crippen LogP contribution in [0.15, 0.2) is 36.7 Å². The number of carbonyl (C=O) groups is 1. The van der Waals surface area contributed by atoms with Crippen LogP contribution in [0.5, 0.6) is 11.6 Å². The minimum absolute atomic E-state index is 0.0192. The van der Waals surface area contributed by atoms with Gasteiger partial charge in [-0.2, -0.15) is 13.2 Å². The number of primary amides is 1. The summed E-state index contributed by atoms with van der Waals surface area (Å²) in [6, 6.07) is 8.68. The van der Waals surface area contributed by atoms with Gasteiger partial charge in [-0.05, 0) is 31.4 Å². The molecule has 0 radical (unpaired) electrons. The van der Waals surface area contributed by atoms with Crippen molar-refractivity contribution in [2.24, 2.45) is 5.73 Å². The predicted molar refractivity (Wildman–Crippen MR) is 94.9 cm³/mol. The van der Waals surface area contributed by atoms with Gasteiger partial charge in [0.15, 0.2) is 6.10 Å². The van der Waals surface area contributed by atoms with Crippen molar-refractivity contribution in [3.8, 4) is 11.6 Å². The molecule has 2 amide bonds. The number of amides is 2. The smallest absolute Gasteiger partial charge is 0.425 e. The number of fused-ring (bicyclic) bond motifs is 1. The maximum absolute atomic E-state index is 12.2. The van der Waals surface area contributed by atoms with Crippen LogP contribution in [0.25, 0.3) is 0 Å². The molecule has 7 nitrogen and oxygen atoms in total. The molecule has 0 aliphatic carbocycles. The van der Waals surface area contributed by atoms with Crippen LogP contribution in [-0.4, -0.2) is 34.9 Å². The van der Waals surface area contributed by atoms with Crippen molar-refractivity contribution in [2.45, 2.75) is 38.6 Å². The zero-order valence-electron chi connectivity index (χ0n) is 15.2. The summed E-state index contributed by atoms with van der Waals surface area (Å²) in [6.07, 6.45) is -3.08. The van der Waals surface area contributed by atoms with E-state index >= 15 is 0 Å². The van der Waals surface area contributed by atoms with E-state index in [-0.39, 0.29) is 18.1 Å². The second-order valence-electron chi connectivity index (χ2n) is 5.93. The first-order valence-electron chi connectivity index (χ1n) is 8.54. The number of urea groups is 1. The van der Waals surface area contributed by atoms with Gasteiger partial charge in [-0.25, -0.2) is 14.8 Å². The van der Waals surface area contributed by atoms with Crippen molar-refractivity contribution in [1.29, 1.82) is 0 Å². The molecule has 3 N–H and O–H groups in total. The highest BCUT2D eigenvalue weighted by Crippen LogP contribution is 2.24. The Morgan fingerprint density at radius 1 is 1.36 bits per heavy atom. The van der Waals surface area contributed by atoms with Gasteiger partial charge in [0.2, 0.25) is 5.88 Å². The third kappa shape index (κ3) is 6.93. The van der Waals surface area contributed by atoms with Crippen LogP contribution in [0.3, 0.4) is 0 Å². The van der Waals surface area contributed by atoms with E-state index in [1.165, 1.54) is 18.1 Å². The summed E-state index contributed by atoms with van der Waals surface area (Å²) in [5.74, 6) is 0.852. The molecule has 1 aliphatic rings. The van der Waals surface area contributed by atoms with E-state index in [2.05, 4.69) is 32.2 Å². The minimum Gasteiger partial charge on any atom is -0.493 e. The SMILES string of the molecule is CC(Oc1cc(CNC(N)=O)ncn1)C(F)(F)F.c1ccc2c(c1)CCCO2. The minimum atomic E-state index is -4.48. The first-order valence-corrected chi connectivity index (χ1v) is 8.54. The van der Waals surface area contributed by atoms with Gasteiger partial charge in [-0.15, -0.1) is 0 Å². The number of hydrogen-bond donors (Lipinski definition) is 2. The number of nitrogens with one attached hydrogen (secondary N) is 1. The number of para-hydroxylation sites is 1. The van der Waals surface area contributed by atoms with Gasteiger partial charge in [0.25, 0.3) is 0 Å². The van der Waals surface area contributed by atoms with Crippen LogP contribution in [0.4, 0.5) is 18.0 Å². The van der Waals surface area contributed by atoms with E-state index in [1.54, 1.807) is 0 Å². The van der Waals surface area contributed by atoms with Gasteiger partial charge in [0, 0.05) is 6.07 Å². The molecule has 0 saturated carbocycles. The Hall–Kier alpha value is -3.04. The zero-order chi connectivity index (χ0) is 20.6. The number of alkyl halides is 3. The van der Waals surface area contributed by atoms with Crippen LogP contribution in [0.1, 0.15) is 24.6 Å². The van der Waals surface area contributed by atoms with Crippen LogP contribution in [0, 0.1) is 0 Å². The number of aromatic nitrogens is 2. The maximum atomic E-state index is 12.2. The fourth-order valence-electron chi connectivity index (χ4n) is 2.26. The molecular weight excluding hydrogens is 377 g/mol. The van der Waals surface area contributed by atoms with Crippen LogP contribution < -0.4 is 20.5 Å². The summed E-state index contributed by atoms with van der Waals surface area (Å²) in [5, 5.41) is 2.24. The van der Waals surface area contributed by atoms with Crippen molar-refractivity contribution in [2.75, 3.05) is 6.61 Å². The molecule has 1 atom stereocenters. The average molecular weight is 398 g/mol. The Balaban J connectivity index is 0.000000233. The first kappa shape index (κ1) is 21.3. The van der Waals surface area contributed by atoms with E-state index in [0.717, 1.165) is 32.0 Å². The standard InChI is InChI=1S/C9H11F3N4O2.C9H10O/c1-5(9(10,11)12)18-7-2-6(15-4-16-7)3-14-8(13)17;1-2-6-9-8(4-1)5-3-7-10-9/h2,4-5H,3H2,1H3,(H3,13,14,17);1-2,4,6H,3,5,7H2. The molecule has 152 valence electrons. The Bertz CT molecular complexity index is 762. The Morgan fingerprint density at radius 2 is 2.11 bits per heavy atom. The van der Waals surface area contributed by atoms with Crippen molar-refractivity contribution >= 4 is 6.03 Å². The van der Waals surface area contributed by atoms with Gasteiger partial charge in [-0.1, -0.05) is 18.2 Å². The van der Waals surface area contributed by atoms with Crippen LogP contribution in [-0.2, 0) is 13.0 Å². The molecule has 2 aromatic rings. The molecule has 1 aromatic carbocycles. The van der Waals surface area contributed by atoms with Crippen molar-refractivity contribution < 1.29 is 27.4 Å². The molecule has 3 rings (SSSR count). The molecule has 1 aromatic heterocycles. The summed E-state index contributed by atoms with van der Waals surface area (Å²) in [7, 11) is 0. The number of nitrogens with zero attached hydrogens (tertiary/aromatic N) is 2. The number of benzene rings is 1. The van der Waals surface area contributed by atoms with E-state index in [0.29, 0.717) is 0 Å². The van der Waals surface area contributed by atoms with E-state index < -0.39 is 18.3 Å². The topological polar surface area (TPSA) is 99.4 Å².